The van der Waals surface area contributed by atoms with Gasteiger partial charge >= 0.3 is 0 Å². The summed E-state index contributed by atoms with van der Waals surface area (Å²) in [6.45, 7) is 3.97. The third kappa shape index (κ3) is 3.54. The molecule has 0 aliphatic carbocycles. The van der Waals surface area contributed by atoms with Gasteiger partial charge in [0.1, 0.15) is 0 Å². The van der Waals surface area contributed by atoms with Crippen molar-refractivity contribution in [3.63, 3.8) is 0 Å². The van der Waals surface area contributed by atoms with Gasteiger partial charge in [0.05, 0.1) is 0 Å². The van der Waals surface area contributed by atoms with E-state index in [0.29, 0.717) is 6.42 Å². The first-order chi connectivity index (χ1) is 8.97. The quantitative estimate of drug-likeness (QED) is 0.663. The monoisotopic (exact) mass is 380 g/mol. The predicted molar refractivity (Wildman–Crippen MR) is 85.8 cm³/mol. The van der Waals surface area contributed by atoms with Crippen LogP contribution >= 0.6 is 31.9 Å². The molecular weight excluding hydrogens is 368 g/mol. The Kier molecular flexibility index (Phi) is 4.58. The Morgan fingerprint density at radius 1 is 1.05 bits per heavy atom. The first kappa shape index (κ1) is 14.5. The SMILES string of the molecule is Cc1cc(C(=O)Cc2cccc(Br)c2)c(C)cc1Br. The predicted octanol–water partition coefficient (Wildman–Crippen LogP) is 5.25. The Labute approximate surface area is 130 Å². The van der Waals surface area contributed by atoms with Crippen LogP contribution in [-0.2, 0) is 6.42 Å². The van der Waals surface area contributed by atoms with E-state index in [0.717, 1.165) is 31.2 Å². The number of carbonyl (C=O) groups excluding carboxylic acids is 1. The summed E-state index contributed by atoms with van der Waals surface area (Å²) < 4.78 is 2.05. The topological polar surface area (TPSA) is 17.1 Å². The highest BCUT2D eigenvalue weighted by Crippen LogP contribution is 2.22. The van der Waals surface area contributed by atoms with Gasteiger partial charge in [0, 0.05) is 20.9 Å². The van der Waals surface area contributed by atoms with Crippen LogP contribution in [-0.4, -0.2) is 5.78 Å². The molecule has 98 valence electrons. The fourth-order valence-corrected chi connectivity index (χ4v) is 2.91. The first-order valence-corrected chi connectivity index (χ1v) is 7.60. The molecule has 0 amide bonds. The van der Waals surface area contributed by atoms with Crippen LogP contribution in [0, 0.1) is 13.8 Å². The number of hydrogen-bond acceptors (Lipinski definition) is 1. The van der Waals surface area contributed by atoms with Crippen LogP contribution in [0.2, 0.25) is 0 Å². The van der Waals surface area contributed by atoms with Crippen molar-refractivity contribution >= 4 is 37.6 Å². The van der Waals surface area contributed by atoms with Gasteiger partial charge in [0.2, 0.25) is 0 Å². The van der Waals surface area contributed by atoms with Gasteiger partial charge in [0.15, 0.2) is 5.78 Å². The third-order valence-electron chi connectivity index (χ3n) is 3.06. The summed E-state index contributed by atoms with van der Waals surface area (Å²) in [5.74, 6) is 0.159. The highest BCUT2D eigenvalue weighted by Gasteiger charge is 2.12. The summed E-state index contributed by atoms with van der Waals surface area (Å²) in [5.41, 5.74) is 3.93. The van der Waals surface area contributed by atoms with Crippen molar-refractivity contribution in [2.24, 2.45) is 0 Å². The molecule has 0 aliphatic rings. The molecule has 2 aromatic carbocycles. The van der Waals surface area contributed by atoms with Crippen molar-refractivity contribution in [1.29, 1.82) is 0 Å². The van der Waals surface area contributed by atoms with Gasteiger partial charge in [-0.05, 0) is 54.8 Å². The summed E-state index contributed by atoms with van der Waals surface area (Å²) in [4.78, 5) is 12.4. The molecule has 19 heavy (non-hydrogen) atoms. The van der Waals surface area contributed by atoms with E-state index in [1.807, 2.05) is 50.2 Å². The fraction of sp³-hybridized carbons (Fsp3) is 0.188. The molecule has 1 nitrogen and oxygen atoms in total. The number of ketones is 1. The Bertz CT molecular complexity index is 633. The average molecular weight is 382 g/mol. The molecule has 0 N–H and O–H groups in total. The van der Waals surface area contributed by atoms with Crippen LogP contribution in [0.1, 0.15) is 27.0 Å². The normalized spacial score (nSPS) is 10.5. The molecule has 0 aromatic heterocycles. The van der Waals surface area contributed by atoms with E-state index in [2.05, 4.69) is 31.9 Å². The minimum Gasteiger partial charge on any atom is -0.294 e. The van der Waals surface area contributed by atoms with Gasteiger partial charge in [-0.3, -0.25) is 4.79 Å². The van der Waals surface area contributed by atoms with Crippen molar-refractivity contribution in [2.45, 2.75) is 20.3 Å². The molecule has 2 rings (SSSR count). The largest absolute Gasteiger partial charge is 0.294 e. The highest BCUT2D eigenvalue weighted by molar-refractivity contribution is 9.10. The maximum atomic E-state index is 12.4. The van der Waals surface area contributed by atoms with E-state index in [4.69, 9.17) is 0 Å². The van der Waals surface area contributed by atoms with E-state index < -0.39 is 0 Å². The van der Waals surface area contributed by atoms with Crippen LogP contribution in [0.4, 0.5) is 0 Å². The van der Waals surface area contributed by atoms with Gasteiger partial charge in [0.25, 0.3) is 0 Å². The molecule has 0 heterocycles. The lowest BCUT2D eigenvalue weighted by atomic mass is 9.97. The van der Waals surface area contributed by atoms with Gasteiger partial charge in [-0.15, -0.1) is 0 Å². The zero-order chi connectivity index (χ0) is 14.0. The first-order valence-electron chi connectivity index (χ1n) is 6.02. The lowest BCUT2D eigenvalue weighted by Crippen LogP contribution is -2.06. The van der Waals surface area contributed by atoms with E-state index in [-0.39, 0.29) is 5.78 Å². The van der Waals surface area contributed by atoms with Gasteiger partial charge in [-0.2, -0.15) is 0 Å². The highest BCUT2D eigenvalue weighted by atomic mass is 79.9. The number of carbonyl (C=O) groups is 1. The Morgan fingerprint density at radius 3 is 2.47 bits per heavy atom. The standard InChI is InChI=1S/C16H14Br2O/c1-10-7-15(18)11(2)6-14(10)16(19)9-12-4-3-5-13(17)8-12/h3-8H,9H2,1-2H3. The maximum absolute atomic E-state index is 12.4. The van der Waals surface area contributed by atoms with Crippen LogP contribution in [0.3, 0.4) is 0 Å². The number of hydrogen-bond donors (Lipinski definition) is 0. The summed E-state index contributed by atoms with van der Waals surface area (Å²) in [6, 6.07) is 11.8. The maximum Gasteiger partial charge on any atom is 0.167 e. The molecule has 2 aromatic rings. The number of rotatable bonds is 3. The lowest BCUT2D eigenvalue weighted by molar-refractivity contribution is 0.0992. The summed E-state index contributed by atoms with van der Waals surface area (Å²) in [6.07, 6.45) is 0.432. The Morgan fingerprint density at radius 2 is 1.79 bits per heavy atom. The second-order valence-electron chi connectivity index (χ2n) is 4.65. The van der Waals surface area contributed by atoms with Crippen molar-refractivity contribution in [1.82, 2.24) is 0 Å². The second kappa shape index (κ2) is 6.02. The molecule has 3 heteroatoms. The molecule has 0 spiro atoms. The molecule has 0 bridgehead atoms. The van der Waals surface area contributed by atoms with Crippen LogP contribution in [0.15, 0.2) is 45.3 Å². The third-order valence-corrected chi connectivity index (χ3v) is 4.41. The summed E-state index contributed by atoms with van der Waals surface area (Å²) in [7, 11) is 0. The summed E-state index contributed by atoms with van der Waals surface area (Å²) in [5, 5.41) is 0. The molecule has 0 atom stereocenters. The van der Waals surface area contributed by atoms with Gasteiger partial charge < -0.3 is 0 Å². The second-order valence-corrected chi connectivity index (χ2v) is 6.42. The fourth-order valence-electron chi connectivity index (χ4n) is 2.01. The minimum atomic E-state index is 0.159. The van der Waals surface area contributed by atoms with Crippen LogP contribution in [0.25, 0.3) is 0 Å². The number of benzene rings is 2. The van der Waals surface area contributed by atoms with Crippen LogP contribution < -0.4 is 0 Å². The smallest absolute Gasteiger partial charge is 0.167 e. The van der Waals surface area contributed by atoms with E-state index in [9.17, 15) is 4.79 Å². The molecule has 0 aliphatic heterocycles. The van der Waals surface area contributed by atoms with Crippen molar-refractivity contribution < 1.29 is 4.79 Å². The number of halogens is 2. The van der Waals surface area contributed by atoms with E-state index in [1.54, 1.807) is 0 Å². The molecule has 0 unspecified atom stereocenters. The lowest BCUT2D eigenvalue weighted by Gasteiger charge is -2.08. The van der Waals surface area contributed by atoms with E-state index in [1.165, 1.54) is 0 Å². The van der Waals surface area contributed by atoms with Gasteiger partial charge in [-0.1, -0.05) is 44.0 Å². The van der Waals surface area contributed by atoms with E-state index >= 15 is 0 Å². The van der Waals surface area contributed by atoms with Crippen molar-refractivity contribution in [3.8, 4) is 0 Å². The number of aryl methyl sites for hydroxylation is 2. The Balaban J connectivity index is 2.28. The minimum absolute atomic E-state index is 0.159. The van der Waals surface area contributed by atoms with Crippen LogP contribution in [0.5, 0.6) is 0 Å². The average Bonchev–Trinajstić information content (AvgIpc) is 2.33. The number of Topliss-reactive ketones (excluding diaryl/α,β-unsaturated/α-hetero) is 1. The molecule has 0 radical (unpaired) electrons. The Hall–Kier alpha value is -0.930. The molecule has 0 saturated heterocycles. The van der Waals surface area contributed by atoms with Crippen molar-refractivity contribution in [3.05, 3.63) is 67.6 Å². The molecule has 0 fully saturated rings. The zero-order valence-electron chi connectivity index (χ0n) is 10.8. The zero-order valence-corrected chi connectivity index (χ0v) is 14.0. The van der Waals surface area contributed by atoms with Gasteiger partial charge in [-0.25, -0.2) is 0 Å². The molecule has 0 saturated carbocycles. The van der Waals surface area contributed by atoms with Crippen molar-refractivity contribution in [2.75, 3.05) is 0 Å². The summed E-state index contributed by atoms with van der Waals surface area (Å²) >= 11 is 6.91. The molecular formula is C16H14Br2O.